The Kier molecular flexibility index (Phi) is 4.31. The Balaban J connectivity index is 2.12. The van der Waals surface area contributed by atoms with Crippen LogP contribution in [-0.4, -0.2) is 35.5 Å². The summed E-state index contributed by atoms with van der Waals surface area (Å²) in [6.07, 6.45) is 2.70. The molecular weight excluding hydrogens is 154 g/mol. The fraction of sp³-hybridized carbons (Fsp3) is 1.00. The number of unbranched alkanes of at least 4 members (excludes halogenated alkanes) is 1. The first-order valence-electron chi connectivity index (χ1n) is 4.67. The lowest BCUT2D eigenvalue weighted by atomic mass is 10.3. The average Bonchev–Trinajstić information content (AvgIpc) is 2.01. The molecule has 1 aliphatic rings. The van der Waals surface area contributed by atoms with Gasteiger partial charge >= 0.3 is 0 Å². The highest BCUT2D eigenvalue weighted by Gasteiger charge is 2.15. The Morgan fingerprint density at radius 3 is 3.00 bits per heavy atom. The van der Waals surface area contributed by atoms with Crippen molar-refractivity contribution >= 4 is 11.8 Å². The van der Waals surface area contributed by atoms with Crippen LogP contribution in [0.1, 0.15) is 26.7 Å². The summed E-state index contributed by atoms with van der Waals surface area (Å²) in [6, 6.07) is 0. The van der Waals surface area contributed by atoms with E-state index in [1.165, 1.54) is 38.2 Å². The fourth-order valence-electron chi connectivity index (χ4n) is 1.48. The molecule has 0 spiro atoms. The molecule has 2 heteroatoms. The van der Waals surface area contributed by atoms with Crippen molar-refractivity contribution in [2.75, 3.05) is 25.4 Å². The van der Waals surface area contributed by atoms with Gasteiger partial charge < -0.3 is 4.90 Å². The maximum absolute atomic E-state index is 2.60. The van der Waals surface area contributed by atoms with E-state index in [9.17, 15) is 0 Å². The fourth-order valence-corrected chi connectivity index (χ4v) is 2.56. The van der Waals surface area contributed by atoms with Crippen LogP contribution in [0.4, 0.5) is 0 Å². The summed E-state index contributed by atoms with van der Waals surface area (Å²) in [7, 11) is 0. The summed E-state index contributed by atoms with van der Waals surface area (Å²) < 4.78 is 0. The van der Waals surface area contributed by atoms with E-state index in [2.05, 4.69) is 30.5 Å². The number of rotatable bonds is 3. The highest BCUT2D eigenvalue weighted by Crippen LogP contribution is 2.17. The highest BCUT2D eigenvalue weighted by atomic mass is 32.2. The van der Waals surface area contributed by atoms with Gasteiger partial charge in [-0.25, -0.2) is 0 Å². The summed E-state index contributed by atoms with van der Waals surface area (Å²) >= 11 is 2.11. The predicted molar refractivity (Wildman–Crippen MR) is 53.3 cm³/mol. The SMILES string of the molecule is CCCCN1CCS[C@@H](C)C1. The van der Waals surface area contributed by atoms with E-state index in [-0.39, 0.29) is 0 Å². The third-order valence-corrected chi connectivity index (χ3v) is 3.29. The van der Waals surface area contributed by atoms with Crippen LogP contribution in [0, 0.1) is 0 Å². The minimum atomic E-state index is 0.862. The molecule has 1 saturated heterocycles. The molecule has 11 heavy (non-hydrogen) atoms. The third-order valence-electron chi connectivity index (χ3n) is 2.15. The molecule has 1 rings (SSSR count). The second kappa shape index (κ2) is 5.04. The van der Waals surface area contributed by atoms with Crippen LogP contribution < -0.4 is 0 Å². The normalized spacial score (nSPS) is 27.3. The zero-order chi connectivity index (χ0) is 8.10. The van der Waals surface area contributed by atoms with Crippen LogP contribution in [-0.2, 0) is 0 Å². The van der Waals surface area contributed by atoms with Gasteiger partial charge in [-0.05, 0) is 13.0 Å². The molecule has 1 aliphatic heterocycles. The van der Waals surface area contributed by atoms with Crippen molar-refractivity contribution in [1.29, 1.82) is 0 Å². The van der Waals surface area contributed by atoms with Crippen LogP contribution in [0.2, 0.25) is 0 Å². The first-order valence-corrected chi connectivity index (χ1v) is 5.71. The molecule has 66 valence electrons. The van der Waals surface area contributed by atoms with Gasteiger partial charge in [-0.1, -0.05) is 20.3 Å². The van der Waals surface area contributed by atoms with Crippen molar-refractivity contribution in [1.82, 2.24) is 4.90 Å². The van der Waals surface area contributed by atoms with Crippen molar-refractivity contribution in [2.24, 2.45) is 0 Å². The predicted octanol–water partition coefficient (Wildman–Crippen LogP) is 2.22. The lowest BCUT2D eigenvalue weighted by molar-refractivity contribution is 0.282. The molecule has 1 atom stereocenters. The molecule has 0 radical (unpaired) electrons. The van der Waals surface area contributed by atoms with Gasteiger partial charge in [0.15, 0.2) is 0 Å². The van der Waals surface area contributed by atoms with Crippen molar-refractivity contribution < 1.29 is 0 Å². The minimum Gasteiger partial charge on any atom is -0.301 e. The molecule has 0 aromatic heterocycles. The first kappa shape index (κ1) is 9.40. The van der Waals surface area contributed by atoms with Gasteiger partial charge in [-0.2, -0.15) is 11.8 Å². The quantitative estimate of drug-likeness (QED) is 0.644. The summed E-state index contributed by atoms with van der Waals surface area (Å²) in [5.74, 6) is 1.34. The van der Waals surface area contributed by atoms with Gasteiger partial charge in [0.2, 0.25) is 0 Å². The number of thioether (sulfide) groups is 1. The lowest BCUT2D eigenvalue weighted by Gasteiger charge is -2.30. The van der Waals surface area contributed by atoms with E-state index in [0.717, 1.165) is 5.25 Å². The molecule has 1 heterocycles. The number of hydrogen-bond acceptors (Lipinski definition) is 2. The summed E-state index contributed by atoms with van der Waals surface area (Å²) in [5, 5.41) is 0.862. The lowest BCUT2D eigenvalue weighted by Crippen LogP contribution is -2.37. The summed E-state index contributed by atoms with van der Waals surface area (Å²) in [6.45, 7) is 8.55. The molecule has 1 nitrogen and oxygen atoms in total. The molecule has 1 fully saturated rings. The second-order valence-corrected chi connectivity index (χ2v) is 4.88. The Hall–Kier alpha value is 0.310. The summed E-state index contributed by atoms with van der Waals surface area (Å²) in [4.78, 5) is 2.60. The van der Waals surface area contributed by atoms with Crippen LogP contribution in [0.3, 0.4) is 0 Å². The molecule has 0 amide bonds. The van der Waals surface area contributed by atoms with Crippen LogP contribution >= 0.6 is 11.8 Å². The van der Waals surface area contributed by atoms with Gasteiger partial charge in [0.25, 0.3) is 0 Å². The van der Waals surface area contributed by atoms with Crippen LogP contribution in [0.5, 0.6) is 0 Å². The molecule has 0 N–H and O–H groups in total. The largest absolute Gasteiger partial charge is 0.301 e. The van der Waals surface area contributed by atoms with E-state index in [0.29, 0.717) is 0 Å². The number of nitrogens with zero attached hydrogens (tertiary/aromatic N) is 1. The Bertz CT molecular complexity index is 106. The topological polar surface area (TPSA) is 3.24 Å². The Morgan fingerprint density at radius 1 is 1.55 bits per heavy atom. The highest BCUT2D eigenvalue weighted by molar-refractivity contribution is 7.99. The van der Waals surface area contributed by atoms with Gasteiger partial charge in [-0.15, -0.1) is 0 Å². The molecule has 0 aromatic carbocycles. The smallest absolute Gasteiger partial charge is 0.0147 e. The van der Waals surface area contributed by atoms with E-state index in [4.69, 9.17) is 0 Å². The van der Waals surface area contributed by atoms with Gasteiger partial charge in [0.05, 0.1) is 0 Å². The molecule has 0 aliphatic carbocycles. The number of hydrogen-bond donors (Lipinski definition) is 0. The average molecular weight is 173 g/mol. The zero-order valence-electron chi connectivity index (χ0n) is 7.68. The zero-order valence-corrected chi connectivity index (χ0v) is 8.49. The van der Waals surface area contributed by atoms with E-state index < -0.39 is 0 Å². The maximum atomic E-state index is 2.60. The summed E-state index contributed by atoms with van der Waals surface area (Å²) in [5.41, 5.74) is 0. The molecule has 0 aromatic rings. The van der Waals surface area contributed by atoms with E-state index >= 15 is 0 Å². The minimum absolute atomic E-state index is 0.862. The monoisotopic (exact) mass is 173 g/mol. The Labute approximate surface area is 74.5 Å². The van der Waals surface area contributed by atoms with E-state index in [1.807, 2.05) is 0 Å². The van der Waals surface area contributed by atoms with Crippen LogP contribution in [0.25, 0.3) is 0 Å². The van der Waals surface area contributed by atoms with Gasteiger partial charge in [0.1, 0.15) is 0 Å². The Morgan fingerprint density at radius 2 is 2.36 bits per heavy atom. The molecule has 0 saturated carbocycles. The van der Waals surface area contributed by atoms with Gasteiger partial charge in [0, 0.05) is 24.1 Å². The van der Waals surface area contributed by atoms with Crippen molar-refractivity contribution in [3.8, 4) is 0 Å². The third kappa shape index (κ3) is 3.48. The van der Waals surface area contributed by atoms with Crippen molar-refractivity contribution in [3.63, 3.8) is 0 Å². The van der Waals surface area contributed by atoms with Gasteiger partial charge in [-0.3, -0.25) is 0 Å². The van der Waals surface area contributed by atoms with Crippen molar-refractivity contribution in [2.45, 2.75) is 31.9 Å². The molecule has 0 unspecified atom stereocenters. The molecule has 0 bridgehead atoms. The molecular formula is C9H19NS. The standard InChI is InChI=1S/C9H19NS/c1-3-4-5-10-6-7-11-9(2)8-10/h9H,3-8H2,1-2H3/t9-/m0/s1. The van der Waals surface area contributed by atoms with Crippen molar-refractivity contribution in [3.05, 3.63) is 0 Å². The first-order chi connectivity index (χ1) is 5.33. The second-order valence-electron chi connectivity index (χ2n) is 3.34. The van der Waals surface area contributed by atoms with E-state index in [1.54, 1.807) is 0 Å². The van der Waals surface area contributed by atoms with Crippen LogP contribution in [0.15, 0.2) is 0 Å². The maximum Gasteiger partial charge on any atom is 0.0147 e.